The number of carboxylic acids is 1. The van der Waals surface area contributed by atoms with Crippen molar-refractivity contribution in [2.24, 2.45) is 0 Å². The predicted octanol–water partition coefficient (Wildman–Crippen LogP) is 7.28. The molecule has 0 atom stereocenters. The van der Waals surface area contributed by atoms with Crippen molar-refractivity contribution >= 4 is 35.0 Å². The molecule has 0 fully saturated rings. The summed E-state index contributed by atoms with van der Waals surface area (Å²) in [5.41, 5.74) is -1.12. The van der Waals surface area contributed by atoms with Crippen LogP contribution in [0.5, 0.6) is 5.88 Å². The number of Topliss-reactive ketones (excluding diaryl/α,β-unsaturated/α-hetero) is 1. The summed E-state index contributed by atoms with van der Waals surface area (Å²) in [7, 11) is 0. The molecule has 0 bridgehead atoms. The quantitative estimate of drug-likeness (QED) is 0.201. The summed E-state index contributed by atoms with van der Waals surface area (Å²) < 4.78 is 52.9. The van der Waals surface area contributed by atoms with Crippen LogP contribution in [0.2, 0.25) is 10.0 Å². The van der Waals surface area contributed by atoms with E-state index >= 15 is 0 Å². The zero-order valence-corrected chi connectivity index (χ0v) is 22.4. The van der Waals surface area contributed by atoms with Gasteiger partial charge < -0.3 is 14.4 Å². The molecule has 1 N–H and O–H groups in total. The third-order valence-corrected chi connectivity index (χ3v) is 6.38. The molecule has 40 heavy (non-hydrogen) atoms. The van der Waals surface area contributed by atoms with Gasteiger partial charge in [-0.05, 0) is 29.8 Å². The summed E-state index contributed by atoms with van der Waals surface area (Å²) >= 11 is 12.7. The van der Waals surface area contributed by atoms with Crippen molar-refractivity contribution in [3.05, 3.63) is 92.5 Å². The molecule has 3 aromatic heterocycles. The van der Waals surface area contributed by atoms with Crippen molar-refractivity contribution in [1.29, 1.82) is 0 Å². The van der Waals surface area contributed by atoms with E-state index < -0.39 is 41.5 Å². The van der Waals surface area contributed by atoms with Crippen LogP contribution in [0.3, 0.4) is 0 Å². The van der Waals surface area contributed by atoms with Gasteiger partial charge in [-0.2, -0.15) is 13.2 Å². The average Bonchev–Trinajstić information content (AvgIpc) is 3.30. The highest BCUT2D eigenvalue weighted by Crippen LogP contribution is 2.39. The fraction of sp³-hybridized carbons (Fsp3) is 0.222. The Balaban J connectivity index is 1.64. The molecule has 8 nitrogen and oxygen atoms in total. The lowest BCUT2D eigenvalue weighted by Gasteiger charge is -2.14. The van der Waals surface area contributed by atoms with E-state index in [9.17, 15) is 22.8 Å². The van der Waals surface area contributed by atoms with E-state index in [-0.39, 0.29) is 29.3 Å². The molecule has 13 heteroatoms. The number of benzene rings is 1. The van der Waals surface area contributed by atoms with Gasteiger partial charge in [0.15, 0.2) is 11.5 Å². The largest absolute Gasteiger partial charge is 0.478 e. The van der Waals surface area contributed by atoms with Crippen LogP contribution in [0.15, 0.2) is 53.3 Å². The lowest BCUT2D eigenvalue weighted by Crippen LogP contribution is -2.17. The Morgan fingerprint density at radius 1 is 1.10 bits per heavy atom. The van der Waals surface area contributed by atoms with Crippen molar-refractivity contribution in [1.82, 2.24) is 15.1 Å². The van der Waals surface area contributed by atoms with Crippen LogP contribution in [0, 0.1) is 0 Å². The van der Waals surface area contributed by atoms with E-state index in [2.05, 4.69) is 15.1 Å². The van der Waals surface area contributed by atoms with Gasteiger partial charge in [-0.15, -0.1) is 0 Å². The van der Waals surface area contributed by atoms with Gasteiger partial charge >= 0.3 is 12.1 Å². The highest BCUT2D eigenvalue weighted by molar-refractivity contribution is 6.39. The van der Waals surface area contributed by atoms with Crippen LogP contribution in [0.1, 0.15) is 63.1 Å². The molecule has 3 heterocycles. The second-order valence-electron chi connectivity index (χ2n) is 8.94. The zero-order chi connectivity index (χ0) is 29.2. The van der Waals surface area contributed by atoms with Gasteiger partial charge in [0, 0.05) is 41.9 Å². The maximum Gasteiger partial charge on any atom is 0.434 e. The van der Waals surface area contributed by atoms with Crippen molar-refractivity contribution in [3.63, 3.8) is 0 Å². The molecule has 1 aromatic carbocycles. The summed E-state index contributed by atoms with van der Waals surface area (Å²) in [6.45, 7) is 3.40. The number of hydrogen-bond donors (Lipinski definition) is 1. The first-order valence-corrected chi connectivity index (χ1v) is 12.5. The third kappa shape index (κ3) is 6.26. The molecule has 0 radical (unpaired) electrons. The third-order valence-electron chi connectivity index (χ3n) is 5.75. The monoisotopic (exact) mass is 593 g/mol. The fourth-order valence-electron chi connectivity index (χ4n) is 3.93. The first-order chi connectivity index (χ1) is 18.9. The predicted molar refractivity (Wildman–Crippen MR) is 139 cm³/mol. The minimum atomic E-state index is -4.98. The second kappa shape index (κ2) is 11.6. The van der Waals surface area contributed by atoms with Crippen molar-refractivity contribution in [2.45, 2.75) is 39.0 Å². The topological polar surface area (TPSA) is 115 Å². The molecule has 0 spiro atoms. The van der Waals surface area contributed by atoms with Crippen LogP contribution in [0.4, 0.5) is 13.2 Å². The number of rotatable bonds is 9. The molecule has 0 saturated heterocycles. The van der Waals surface area contributed by atoms with Gasteiger partial charge in [0.1, 0.15) is 18.1 Å². The maximum atomic E-state index is 13.9. The number of aromatic carboxylic acids is 1. The Labute approximate surface area is 235 Å². The van der Waals surface area contributed by atoms with Crippen LogP contribution >= 0.6 is 23.2 Å². The van der Waals surface area contributed by atoms with Gasteiger partial charge in [0.05, 0.1) is 21.2 Å². The number of ether oxygens (including phenoxy) is 1. The average molecular weight is 594 g/mol. The van der Waals surface area contributed by atoms with E-state index in [0.717, 1.165) is 18.3 Å². The van der Waals surface area contributed by atoms with E-state index in [1.54, 1.807) is 18.2 Å². The van der Waals surface area contributed by atoms with Gasteiger partial charge in [-0.3, -0.25) is 9.78 Å². The molecule has 4 aromatic rings. The van der Waals surface area contributed by atoms with Gasteiger partial charge in [0.25, 0.3) is 0 Å². The number of carbonyl (C=O) groups is 2. The maximum absolute atomic E-state index is 13.9. The minimum Gasteiger partial charge on any atom is -0.478 e. The van der Waals surface area contributed by atoms with E-state index in [0.29, 0.717) is 26.9 Å². The molecule has 0 unspecified atom stereocenters. The van der Waals surface area contributed by atoms with Crippen molar-refractivity contribution in [2.75, 3.05) is 0 Å². The fourth-order valence-corrected chi connectivity index (χ4v) is 4.50. The van der Waals surface area contributed by atoms with Crippen LogP contribution in [-0.2, 0) is 19.2 Å². The molecule has 208 valence electrons. The van der Waals surface area contributed by atoms with Gasteiger partial charge in [0.2, 0.25) is 5.88 Å². The number of ketones is 1. The first-order valence-electron chi connectivity index (χ1n) is 11.7. The van der Waals surface area contributed by atoms with Gasteiger partial charge in [-0.1, -0.05) is 48.3 Å². The van der Waals surface area contributed by atoms with Crippen LogP contribution < -0.4 is 4.74 Å². The summed E-state index contributed by atoms with van der Waals surface area (Å²) in [6.07, 6.45) is -3.23. The summed E-state index contributed by atoms with van der Waals surface area (Å²) in [6, 6.07) is 8.14. The zero-order valence-electron chi connectivity index (χ0n) is 20.9. The highest BCUT2D eigenvalue weighted by Gasteiger charge is 2.38. The number of carbonyl (C=O) groups excluding carboxylic acids is 1. The smallest absolute Gasteiger partial charge is 0.434 e. The Bertz CT molecular complexity index is 1570. The normalized spacial score (nSPS) is 11.6. The first kappa shape index (κ1) is 29.0. The number of pyridine rings is 2. The van der Waals surface area contributed by atoms with Gasteiger partial charge in [-0.25, -0.2) is 9.78 Å². The standard InChI is InChI=1S/C27H20Cl2F3N3O5/c1-13(2)24-17(23(35-40-24)22-18(28)4-3-5-19(22)29)12-39-21-7-6-16(25(34-21)27(30,31)32)20(36)9-14-8-15(26(37)38)11-33-10-14/h3-8,10-11,13H,9,12H2,1-2H3,(H,37,38). The number of halogens is 5. The Hall–Kier alpha value is -3.96. The number of alkyl halides is 3. The molecule has 0 aliphatic rings. The van der Waals surface area contributed by atoms with Crippen LogP contribution in [0.25, 0.3) is 11.3 Å². The molecule has 0 aliphatic carbocycles. The SMILES string of the molecule is CC(C)c1onc(-c2c(Cl)cccc2Cl)c1COc1ccc(C(=O)Cc2cncc(C(=O)O)c2)c(C(F)(F)F)n1. The lowest BCUT2D eigenvalue weighted by atomic mass is 10.0. The number of aromatic nitrogens is 3. The summed E-state index contributed by atoms with van der Waals surface area (Å²) in [5.74, 6) is -2.34. The molecule has 0 saturated carbocycles. The van der Waals surface area contributed by atoms with E-state index in [1.165, 1.54) is 12.3 Å². The summed E-state index contributed by atoms with van der Waals surface area (Å²) in [4.78, 5) is 31.3. The lowest BCUT2D eigenvalue weighted by molar-refractivity contribution is -0.141. The van der Waals surface area contributed by atoms with Crippen molar-refractivity contribution in [3.8, 4) is 17.1 Å². The number of hydrogen-bond acceptors (Lipinski definition) is 7. The van der Waals surface area contributed by atoms with E-state index in [4.69, 9.17) is 37.6 Å². The number of carboxylic acid groups (broad SMARTS) is 1. The number of nitrogens with zero attached hydrogens (tertiary/aromatic N) is 3. The molecular weight excluding hydrogens is 574 g/mol. The molecule has 4 rings (SSSR count). The molecular formula is C27H20Cl2F3N3O5. The second-order valence-corrected chi connectivity index (χ2v) is 9.76. The Kier molecular flexibility index (Phi) is 8.45. The van der Waals surface area contributed by atoms with Crippen LogP contribution in [-0.4, -0.2) is 32.0 Å². The molecule has 0 aliphatic heterocycles. The Morgan fingerprint density at radius 3 is 2.42 bits per heavy atom. The highest BCUT2D eigenvalue weighted by atomic mass is 35.5. The van der Waals surface area contributed by atoms with E-state index in [1.807, 2.05) is 13.8 Å². The van der Waals surface area contributed by atoms with Crippen molar-refractivity contribution < 1.29 is 37.1 Å². The minimum absolute atomic E-state index is 0.137. The molecule has 0 amide bonds. The summed E-state index contributed by atoms with van der Waals surface area (Å²) in [5, 5.41) is 13.8. The Morgan fingerprint density at radius 2 is 1.80 bits per heavy atom.